The Balaban J connectivity index is 1.74. The van der Waals surface area contributed by atoms with Crippen molar-refractivity contribution >= 4 is 28.7 Å². The van der Waals surface area contributed by atoms with E-state index in [0.717, 1.165) is 22.2 Å². The SMILES string of the molecule is CSC1CCCC(Nc2nc3ccc(F)cc3[nH]2)C1. The third-order valence-electron chi connectivity index (χ3n) is 3.74. The molecule has 19 heavy (non-hydrogen) atoms. The fourth-order valence-corrected chi connectivity index (χ4v) is 3.56. The molecule has 5 heteroatoms. The number of hydrogen-bond acceptors (Lipinski definition) is 3. The first-order valence-electron chi connectivity index (χ1n) is 6.69. The molecule has 0 bridgehead atoms. The maximum Gasteiger partial charge on any atom is 0.201 e. The minimum atomic E-state index is -0.234. The lowest BCUT2D eigenvalue weighted by atomic mass is 9.95. The number of anilines is 1. The summed E-state index contributed by atoms with van der Waals surface area (Å²) in [5.41, 5.74) is 1.56. The molecule has 1 heterocycles. The molecule has 3 nitrogen and oxygen atoms in total. The molecular formula is C14H18FN3S. The molecule has 0 amide bonds. The van der Waals surface area contributed by atoms with Crippen molar-refractivity contribution in [2.45, 2.75) is 37.0 Å². The highest BCUT2D eigenvalue weighted by Gasteiger charge is 2.21. The van der Waals surface area contributed by atoms with Crippen molar-refractivity contribution in [2.75, 3.05) is 11.6 Å². The van der Waals surface area contributed by atoms with Gasteiger partial charge in [-0.05, 0) is 43.7 Å². The molecule has 1 aromatic heterocycles. The van der Waals surface area contributed by atoms with Crippen LogP contribution in [-0.4, -0.2) is 27.5 Å². The van der Waals surface area contributed by atoms with Crippen molar-refractivity contribution in [3.05, 3.63) is 24.0 Å². The van der Waals surface area contributed by atoms with Crippen molar-refractivity contribution < 1.29 is 4.39 Å². The molecule has 1 aromatic carbocycles. The predicted octanol–water partition coefficient (Wildman–Crippen LogP) is 3.79. The van der Waals surface area contributed by atoms with E-state index in [0.29, 0.717) is 6.04 Å². The molecular weight excluding hydrogens is 261 g/mol. The zero-order chi connectivity index (χ0) is 13.2. The molecule has 0 radical (unpaired) electrons. The molecule has 0 saturated heterocycles. The number of halogens is 1. The van der Waals surface area contributed by atoms with E-state index in [1.54, 1.807) is 6.07 Å². The monoisotopic (exact) mass is 279 g/mol. The van der Waals surface area contributed by atoms with Gasteiger partial charge in [-0.25, -0.2) is 9.37 Å². The zero-order valence-electron chi connectivity index (χ0n) is 10.9. The van der Waals surface area contributed by atoms with Crippen LogP contribution < -0.4 is 5.32 Å². The Kier molecular flexibility index (Phi) is 3.64. The summed E-state index contributed by atoms with van der Waals surface area (Å²) in [5.74, 6) is 0.523. The molecule has 2 aromatic rings. The second kappa shape index (κ2) is 5.41. The van der Waals surface area contributed by atoms with Crippen LogP contribution in [-0.2, 0) is 0 Å². The lowest BCUT2D eigenvalue weighted by Gasteiger charge is -2.28. The van der Waals surface area contributed by atoms with E-state index in [1.165, 1.54) is 37.8 Å². The van der Waals surface area contributed by atoms with E-state index in [4.69, 9.17) is 0 Å². The number of nitrogens with zero attached hydrogens (tertiary/aromatic N) is 1. The van der Waals surface area contributed by atoms with Crippen LogP contribution in [0.3, 0.4) is 0 Å². The van der Waals surface area contributed by atoms with Gasteiger partial charge >= 0.3 is 0 Å². The Morgan fingerprint density at radius 1 is 1.42 bits per heavy atom. The smallest absolute Gasteiger partial charge is 0.201 e. The van der Waals surface area contributed by atoms with E-state index < -0.39 is 0 Å². The molecule has 1 aliphatic carbocycles. The number of H-pyrrole nitrogens is 1. The second-order valence-corrected chi connectivity index (χ2v) is 6.25. The maximum atomic E-state index is 13.1. The van der Waals surface area contributed by atoms with Crippen LogP contribution in [0.2, 0.25) is 0 Å². The number of thioether (sulfide) groups is 1. The summed E-state index contributed by atoms with van der Waals surface area (Å²) < 4.78 is 13.1. The molecule has 1 aliphatic rings. The molecule has 0 spiro atoms. The van der Waals surface area contributed by atoms with Crippen LogP contribution in [0.4, 0.5) is 10.3 Å². The first kappa shape index (κ1) is 12.8. The first-order valence-corrected chi connectivity index (χ1v) is 7.98. The number of benzene rings is 1. The topological polar surface area (TPSA) is 40.7 Å². The van der Waals surface area contributed by atoms with Crippen molar-refractivity contribution in [1.82, 2.24) is 9.97 Å². The van der Waals surface area contributed by atoms with Crippen molar-refractivity contribution in [1.29, 1.82) is 0 Å². The quantitative estimate of drug-likeness (QED) is 0.898. The van der Waals surface area contributed by atoms with Gasteiger partial charge in [0.2, 0.25) is 5.95 Å². The molecule has 2 unspecified atom stereocenters. The van der Waals surface area contributed by atoms with Gasteiger partial charge in [-0.2, -0.15) is 11.8 Å². The largest absolute Gasteiger partial charge is 0.353 e. The number of rotatable bonds is 3. The molecule has 3 rings (SSSR count). The molecule has 1 saturated carbocycles. The van der Waals surface area contributed by atoms with Crippen molar-refractivity contribution in [2.24, 2.45) is 0 Å². The van der Waals surface area contributed by atoms with E-state index in [2.05, 4.69) is 21.5 Å². The fraction of sp³-hybridized carbons (Fsp3) is 0.500. The van der Waals surface area contributed by atoms with Gasteiger partial charge in [0, 0.05) is 11.3 Å². The fourth-order valence-electron chi connectivity index (χ4n) is 2.73. The Morgan fingerprint density at radius 3 is 3.16 bits per heavy atom. The lowest BCUT2D eigenvalue weighted by molar-refractivity contribution is 0.472. The average molecular weight is 279 g/mol. The van der Waals surface area contributed by atoms with Gasteiger partial charge in [0.1, 0.15) is 5.82 Å². The third-order valence-corrected chi connectivity index (χ3v) is 4.84. The Bertz CT molecular complexity index is 569. The molecule has 102 valence electrons. The van der Waals surface area contributed by atoms with Crippen LogP contribution >= 0.6 is 11.8 Å². The standard InChI is InChI=1S/C14H18FN3S/c1-19-11-4-2-3-10(8-11)16-14-17-12-6-5-9(15)7-13(12)18-14/h5-7,10-11H,2-4,8H2,1H3,(H2,16,17,18). The van der Waals surface area contributed by atoms with Crippen molar-refractivity contribution in [3.8, 4) is 0 Å². The summed E-state index contributed by atoms with van der Waals surface area (Å²) in [6, 6.07) is 5.10. The van der Waals surface area contributed by atoms with Crippen LogP contribution in [0.15, 0.2) is 18.2 Å². The van der Waals surface area contributed by atoms with Gasteiger partial charge in [0.15, 0.2) is 0 Å². The number of aromatic nitrogens is 2. The second-order valence-electron chi connectivity index (χ2n) is 5.11. The number of imidazole rings is 1. The predicted molar refractivity (Wildman–Crippen MR) is 79.2 cm³/mol. The molecule has 2 atom stereocenters. The Labute approximate surface area is 116 Å². The summed E-state index contributed by atoms with van der Waals surface area (Å²) in [7, 11) is 0. The summed E-state index contributed by atoms with van der Waals surface area (Å²) >= 11 is 1.95. The number of hydrogen-bond donors (Lipinski definition) is 2. The highest BCUT2D eigenvalue weighted by atomic mass is 32.2. The average Bonchev–Trinajstić information content (AvgIpc) is 2.80. The lowest BCUT2D eigenvalue weighted by Crippen LogP contribution is -2.28. The number of nitrogens with one attached hydrogen (secondary N) is 2. The van der Waals surface area contributed by atoms with E-state index in [-0.39, 0.29) is 5.82 Å². The molecule has 1 fully saturated rings. The first-order chi connectivity index (χ1) is 9.24. The normalized spacial score (nSPS) is 23.7. The van der Waals surface area contributed by atoms with E-state index in [1.807, 2.05) is 11.8 Å². The molecule has 2 N–H and O–H groups in total. The highest BCUT2D eigenvalue weighted by molar-refractivity contribution is 7.99. The van der Waals surface area contributed by atoms with Crippen LogP contribution in [0.25, 0.3) is 11.0 Å². The van der Waals surface area contributed by atoms with Gasteiger partial charge in [-0.1, -0.05) is 6.42 Å². The van der Waals surface area contributed by atoms with Gasteiger partial charge in [-0.3, -0.25) is 0 Å². The minimum absolute atomic E-state index is 0.234. The van der Waals surface area contributed by atoms with Crippen LogP contribution in [0.1, 0.15) is 25.7 Å². The zero-order valence-corrected chi connectivity index (χ0v) is 11.8. The summed E-state index contributed by atoms with van der Waals surface area (Å²) in [4.78, 5) is 7.61. The van der Waals surface area contributed by atoms with Crippen LogP contribution in [0, 0.1) is 5.82 Å². The summed E-state index contributed by atoms with van der Waals surface area (Å²) in [6.45, 7) is 0. The number of aromatic amines is 1. The summed E-state index contributed by atoms with van der Waals surface area (Å²) in [6.07, 6.45) is 7.11. The summed E-state index contributed by atoms with van der Waals surface area (Å²) in [5, 5.41) is 4.20. The van der Waals surface area contributed by atoms with E-state index in [9.17, 15) is 4.39 Å². The van der Waals surface area contributed by atoms with Gasteiger partial charge < -0.3 is 10.3 Å². The molecule has 0 aliphatic heterocycles. The number of fused-ring (bicyclic) bond motifs is 1. The third kappa shape index (κ3) is 2.86. The highest BCUT2D eigenvalue weighted by Crippen LogP contribution is 2.28. The maximum absolute atomic E-state index is 13.1. The van der Waals surface area contributed by atoms with E-state index >= 15 is 0 Å². The Hall–Kier alpha value is -1.23. The van der Waals surface area contributed by atoms with Gasteiger partial charge in [-0.15, -0.1) is 0 Å². The van der Waals surface area contributed by atoms with Gasteiger partial charge in [0.25, 0.3) is 0 Å². The van der Waals surface area contributed by atoms with Crippen LogP contribution in [0.5, 0.6) is 0 Å². The van der Waals surface area contributed by atoms with Crippen molar-refractivity contribution in [3.63, 3.8) is 0 Å². The van der Waals surface area contributed by atoms with Gasteiger partial charge in [0.05, 0.1) is 11.0 Å². The Morgan fingerprint density at radius 2 is 2.32 bits per heavy atom. The minimum Gasteiger partial charge on any atom is -0.353 e.